The van der Waals surface area contributed by atoms with E-state index in [0.29, 0.717) is 11.8 Å². The van der Waals surface area contributed by atoms with Gasteiger partial charge in [-0.3, -0.25) is 4.79 Å². The van der Waals surface area contributed by atoms with Crippen molar-refractivity contribution in [1.29, 1.82) is 0 Å². The van der Waals surface area contributed by atoms with Crippen LogP contribution in [-0.4, -0.2) is 41.6 Å². The summed E-state index contributed by atoms with van der Waals surface area (Å²) < 4.78 is 1.11. The monoisotopic (exact) mass is 337 g/mol. The Hall–Kier alpha value is -2.07. The van der Waals surface area contributed by atoms with Crippen molar-refractivity contribution >= 4 is 12.0 Å². The van der Waals surface area contributed by atoms with E-state index in [4.69, 9.17) is 0 Å². The molecule has 4 aliphatic rings. The van der Waals surface area contributed by atoms with E-state index in [1.807, 2.05) is 6.07 Å². The van der Waals surface area contributed by atoms with Gasteiger partial charge in [0.15, 0.2) is 0 Å². The number of allylic oxidation sites excluding steroid dienone is 2. The predicted octanol–water partition coefficient (Wildman–Crippen LogP) is 3.10. The summed E-state index contributed by atoms with van der Waals surface area (Å²) in [7, 11) is 0. The van der Waals surface area contributed by atoms with E-state index in [1.165, 1.54) is 11.1 Å². The summed E-state index contributed by atoms with van der Waals surface area (Å²) in [6.45, 7) is 7.72. The summed E-state index contributed by atoms with van der Waals surface area (Å²) in [6.07, 6.45) is 5.39. The second-order valence-corrected chi connectivity index (χ2v) is 8.08. The van der Waals surface area contributed by atoms with Crippen molar-refractivity contribution in [2.75, 3.05) is 25.0 Å². The summed E-state index contributed by atoms with van der Waals surface area (Å²) in [4.78, 5) is 12.1. The molecular weight excluding hydrogens is 312 g/mol. The number of nitrogens with zero attached hydrogens (tertiary/aromatic N) is 1. The number of hydrogen-bond acceptors (Lipinski definition) is 3. The highest BCUT2D eigenvalue weighted by Crippen LogP contribution is 2.64. The fourth-order valence-corrected chi connectivity index (χ4v) is 6.43. The van der Waals surface area contributed by atoms with Gasteiger partial charge in [-0.1, -0.05) is 18.2 Å². The normalized spacial score (nSPS) is 39.2. The first-order valence-electron chi connectivity index (χ1n) is 9.41. The molecule has 4 nitrogen and oxygen atoms in total. The molecule has 3 heterocycles. The third-order valence-electron chi connectivity index (χ3n) is 7.60. The van der Waals surface area contributed by atoms with Crippen LogP contribution in [0.1, 0.15) is 32.3 Å². The molecule has 1 aliphatic carbocycles. The van der Waals surface area contributed by atoms with Gasteiger partial charge in [0.1, 0.15) is 24.6 Å². The second kappa shape index (κ2) is 4.76. The molecule has 4 atom stereocenters. The highest BCUT2D eigenvalue weighted by atomic mass is 16.3. The Morgan fingerprint density at radius 3 is 3.00 bits per heavy atom. The molecule has 0 saturated carbocycles. The van der Waals surface area contributed by atoms with Crippen LogP contribution >= 0.6 is 0 Å². The summed E-state index contributed by atoms with van der Waals surface area (Å²) in [6, 6.07) is 6.32. The van der Waals surface area contributed by atoms with Crippen molar-refractivity contribution in [2.45, 2.75) is 38.1 Å². The van der Waals surface area contributed by atoms with Gasteiger partial charge < -0.3 is 14.9 Å². The highest BCUT2D eigenvalue weighted by Gasteiger charge is 2.68. The number of quaternary nitrogens is 1. The number of hydrogen-bond donors (Lipinski definition) is 2. The molecular formula is C21H25N2O2+. The van der Waals surface area contributed by atoms with Gasteiger partial charge in [0.25, 0.3) is 0 Å². The summed E-state index contributed by atoms with van der Waals surface area (Å²) >= 11 is 0. The van der Waals surface area contributed by atoms with Crippen LogP contribution in [0.25, 0.3) is 0 Å². The van der Waals surface area contributed by atoms with Gasteiger partial charge in [0.05, 0.1) is 24.2 Å². The predicted molar refractivity (Wildman–Crippen MR) is 97.3 cm³/mol. The van der Waals surface area contributed by atoms with Crippen molar-refractivity contribution in [3.63, 3.8) is 0 Å². The zero-order chi connectivity index (χ0) is 17.4. The smallest absolute Gasteiger partial charge is 0.148 e. The van der Waals surface area contributed by atoms with Crippen LogP contribution in [0.15, 0.2) is 41.1 Å². The number of piperidine rings is 1. The van der Waals surface area contributed by atoms with Gasteiger partial charge in [-0.2, -0.15) is 0 Å². The number of likely N-dealkylation sites (N-methyl/N-ethyl adjacent to an activating group) is 1. The lowest BCUT2D eigenvalue weighted by molar-refractivity contribution is -0.940. The molecule has 3 aliphatic heterocycles. The molecule has 4 heteroatoms. The summed E-state index contributed by atoms with van der Waals surface area (Å²) in [5.41, 5.74) is 5.29. The standard InChI is InChI=1S/C21H24N2O2/c1-3-13-11-23(4-2)9-8-21-16-6-5-7-17(25)19(16)22-20(21)15(12-24)14(13)10-18(21)23/h3,5-7,12,14,18H,4,8-11H2,1-2H3,(H-,22,24,25)/p+1/b13-3+/t14-,18-,21+,23+/m0/s1. The minimum Gasteiger partial charge on any atom is -0.506 e. The number of nitrogens with one attached hydrogen (secondary N) is 1. The molecule has 0 aromatic heterocycles. The number of anilines is 1. The van der Waals surface area contributed by atoms with E-state index in [1.54, 1.807) is 6.07 Å². The molecule has 1 aromatic rings. The number of phenols is 1. The number of carbonyl (C=O) groups is 1. The quantitative estimate of drug-likeness (QED) is 0.377. The molecule has 2 bridgehead atoms. The number of aldehydes is 1. The van der Waals surface area contributed by atoms with Crippen molar-refractivity contribution in [3.8, 4) is 5.75 Å². The van der Waals surface area contributed by atoms with E-state index >= 15 is 0 Å². The van der Waals surface area contributed by atoms with Crippen LogP contribution in [0.3, 0.4) is 0 Å². The third-order valence-corrected chi connectivity index (χ3v) is 7.60. The van der Waals surface area contributed by atoms with Gasteiger partial charge in [0.2, 0.25) is 0 Å². The molecule has 1 aromatic carbocycles. The van der Waals surface area contributed by atoms with Gasteiger partial charge in [-0.25, -0.2) is 0 Å². The Balaban J connectivity index is 1.85. The number of fused-ring (bicyclic) bond motifs is 2. The van der Waals surface area contributed by atoms with Crippen LogP contribution in [-0.2, 0) is 10.2 Å². The van der Waals surface area contributed by atoms with Gasteiger partial charge in [-0.05, 0) is 31.1 Å². The Bertz CT molecular complexity index is 855. The maximum atomic E-state index is 12.1. The van der Waals surface area contributed by atoms with Crippen LogP contribution in [0.2, 0.25) is 0 Å². The van der Waals surface area contributed by atoms with Crippen LogP contribution in [0.5, 0.6) is 5.75 Å². The number of benzene rings is 1. The van der Waals surface area contributed by atoms with Crippen LogP contribution in [0, 0.1) is 5.92 Å². The number of carbonyl (C=O) groups excluding carboxylic acids is 1. The highest BCUT2D eigenvalue weighted by molar-refractivity contribution is 5.85. The second-order valence-electron chi connectivity index (χ2n) is 8.08. The molecule has 0 radical (unpaired) electrons. The molecule has 0 unspecified atom stereocenters. The zero-order valence-electron chi connectivity index (χ0n) is 14.9. The first-order chi connectivity index (χ1) is 12.1. The summed E-state index contributed by atoms with van der Waals surface area (Å²) in [5, 5.41) is 13.9. The SMILES string of the molecule is C/C=C1\C[N@@+]2(CC)CC[C@]34C(=C(C=O)[C@H]1C[C@@H]32)Nc1c(O)cccc14. The van der Waals surface area contributed by atoms with Crippen molar-refractivity contribution in [3.05, 3.63) is 46.7 Å². The molecule has 25 heavy (non-hydrogen) atoms. The number of aromatic hydroxyl groups is 1. The van der Waals surface area contributed by atoms with Gasteiger partial charge in [0, 0.05) is 30.0 Å². The van der Waals surface area contributed by atoms with E-state index in [0.717, 1.165) is 60.2 Å². The lowest BCUT2D eigenvalue weighted by Crippen LogP contribution is -2.63. The Labute approximate surface area is 148 Å². The summed E-state index contributed by atoms with van der Waals surface area (Å²) in [5.74, 6) is 0.525. The molecule has 2 N–H and O–H groups in total. The molecule has 130 valence electrons. The van der Waals surface area contributed by atoms with Crippen molar-refractivity contribution in [1.82, 2.24) is 0 Å². The largest absolute Gasteiger partial charge is 0.506 e. The minimum absolute atomic E-state index is 0.129. The molecule has 5 rings (SSSR count). The van der Waals surface area contributed by atoms with Crippen molar-refractivity contribution in [2.24, 2.45) is 5.92 Å². The van der Waals surface area contributed by atoms with E-state index < -0.39 is 0 Å². The van der Waals surface area contributed by atoms with Crippen LogP contribution < -0.4 is 5.32 Å². The number of phenolic OH excluding ortho intramolecular Hbond substituents is 1. The average Bonchev–Trinajstić information content (AvgIpc) is 3.17. The Morgan fingerprint density at radius 2 is 2.28 bits per heavy atom. The van der Waals surface area contributed by atoms with Crippen LogP contribution in [0.4, 0.5) is 5.69 Å². The van der Waals surface area contributed by atoms with Gasteiger partial charge in [-0.15, -0.1) is 0 Å². The Morgan fingerprint density at radius 1 is 1.44 bits per heavy atom. The molecule has 1 spiro atoms. The minimum atomic E-state index is -0.129. The number of para-hydroxylation sites is 1. The Kier molecular flexibility index (Phi) is 2.89. The maximum absolute atomic E-state index is 12.1. The first-order valence-corrected chi connectivity index (χ1v) is 9.41. The maximum Gasteiger partial charge on any atom is 0.148 e. The van der Waals surface area contributed by atoms with E-state index in [-0.39, 0.29) is 11.3 Å². The first kappa shape index (κ1) is 15.2. The third kappa shape index (κ3) is 1.55. The van der Waals surface area contributed by atoms with Gasteiger partial charge >= 0.3 is 0 Å². The molecule has 0 amide bonds. The lowest BCUT2D eigenvalue weighted by Gasteiger charge is -2.53. The fraction of sp³-hybridized carbons (Fsp3) is 0.476. The topological polar surface area (TPSA) is 49.3 Å². The molecule has 2 saturated heterocycles. The van der Waals surface area contributed by atoms with Crippen molar-refractivity contribution < 1.29 is 14.4 Å². The number of rotatable bonds is 2. The van der Waals surface area contributed by atoms with E-state index in [2.05, 4.69) is 31.3 Å². The average molecular weight is 337 g/mol. The fourth-order valence-electron chi connectivity index (χ4n) is 6.43. The lowest BCUT2D eigenvalue weighted by atomic mass is 9.61. The van der Waals surface area contributed by atoms with E-state index in [9.17, 15) is 9.90 Å². The zero-order valence-corrected chi connectivity index (χ0v) is 14.9. The molecule has 2 fully saturated rings.